The van der Waals surface area contributed by atoms with Crippen molar-refractivity contribution in [2.24, 2.45) is 0 Å². The summed E-state index contributed by atoms with van der Waals surface area (Å²) in [6.07, 6.45) is 4.92. The number of rotatable bonds is 7. The topological polar surface area (TPSA) is 109 Å². The number of hydrogen-bond donors (Lipinski definition) is 2. The zero-order valence-electron chi connectivity index (χ0n) is 19.2. The van der Waals surface area contributed by atoms with E-state index in [-0.39, 0.29) is 28.0 Å². The molecule has 0 bridgehead atoms. The van der Waals surface area contributed by atoms with Crippen LogP contribution in [0.15, 0.2) is 72.0 Å². The molecule has 1 amide bonds. The number of anilines is 2. The number of carbonyl (C=O) groups excluding carboxylic acids is 1. The minimum absolute atomic E-state index is 0.0160. The van der Waals surface area contributed by atoms with Gasteiger partial charge in [-0.25, -0.2) is 13.4 Å². The SMILES string of the molecule is C[C@H](C(=O)NC1CCN(c2ccc(S(=O)(=O)Nc3ncns3)cc2)CC1)n1ccc2ccccc21. The molecular weight excluding hydrogens is 484 g/mol. The largest absolute Gasteiger partial charge is 0.371 e. The Morgan fingerprint density at radius 2 is 1.83 bits per heavy atom. The molecule has 0 aliphatic carbocycles. The van der Waals surface area contributed by atoms with E-state index < -0.39 is 10.0 Å². The highest BCUT2D eigenvalue weighted by Crippen LogP contribution is 2.24. The molecule has 1 saturated heterocycles. The normalized spacial score (nSPS) is 15.7. The summed E-state index contributed by atoms with van der Waals surface area (Å²) in [6.45, 7) is 3.48. The zero-order chi connectivity index (χ0) is 24.4. The van der Waals surface area contributed by atoms with E-state index in [1.54, 1.807) is 12.1 Å². The third-order valence-electron chi connectivity index (χ3n) is 6.36. The van der Waals surface area contributed by atoms with Crippen LogP contribution in [0.5, 0.6) is 0 Å². The first kappa shape index (κ1) is 23.3. The highest BCUT2D eigenvalue weighted by atomic mass is 32.2. The third-order valence-corrected chi connectivity index (χ3v) is 8.43. The molecule has 35 heavy (non-hydrogen) atoms. The number of piperidine rings is 1. The van der Waals surface area contributed by atoms with E-state index in [0.717, 1.165) is 54.1 Å². The number of hydrogen-bond acceptors (Lipinski definition) is 7. The number of aromatic nitrogens is 3. The van der Waals surface area contributed by atoms with Crippen molar-refractivity contribution in [3.8, 4) is 0 Å². The Hall–Kier alpha value is -3.44. The fraction of sp³-hybridized carbons (Fsp3) is 0.292. The Kier molecular flexibility index (Phi) is 6.44. The van der Waals surface area contributed by atoms with Crippen LogP contribution in [0.25, 0.3) is 10.9 Å². The van der Waals surface area contributed by atoms with Crippen molar-refractivity contribution in [3.63, 3.8) is 0 Å². The van der Waals surface area contributed by atoms with Crippen molar-refractivity contribution in [3.05, 3.63) is 67.1 Å². The maximum absolute atomic E-state index is 12.9. The van der Waals surface area contributed by atoms with Gasteiger partial charge < -0.3 is 14.8 Å². The summed E-state index contributed by atoms with van der Waals surface area (Å²) in [5.74, 6) is 0.0160. The third kappa shape index (κ3) is 5.01. The number of para-hydroxylation sites is 1. The van der Waals surface area contributed by atoms with Crippen molar-refractivity contribution in [1.82, 2.24) is 19.2 Å². The Morgan fingerprint density at radius 3 is 2.54 bits per heavy atom. The molecule has 9 nitrogen and oxygen atoms in total. The van der Waals surface area contributed by atoms with Gasteiger partial charge >= 0.3 is 0 Å². The fourth-order valence-electron chi connectivity index (χ4n) is 4.40. The molecule has 11 heteroatoms. The molecule has 0 unspecified atom stereocenters. The average molecular weight is 511 g/mol. The highest BCUT2D eigenvalue weighted by Gasteiger charge is 2.24. The summed E-state index contributed by atoms with van der Waals surface area (Å²) in [5.41, 5.74) is 2.01. The van der Waals surface area contributed by atoms with Gasteiger partial charge in [-0.15, -0.1) is 0 Å². The molecule has 1 atom stereocenters. The van der Waals surface area contributed by atoms with Gasteiger partial charge in [-0.05, 0) is 61.5 Å². The second-order valence-corrected chi connectivity index (χ2v) is 11.0. The monoisotopic (exact) mass is 510 g/mol. The lowest BCUT2D eigenvalue weighted by Crippen LogP contribution is -2.46. The van der Waals surface area contributed by atoms with Crippen molar-refractivity contribution >= 4 is 49.2 Å². The van der Waals surface area contributed by atoms with Crippen LogP contribution in [-0.4, -0.2) is 47.4 Å². The van der Waals surface area contributed by atoms with Gasteiger partial charge in [0.15, 0.2) is 0 Å². The first-order valence-electron chi connectivity index (χ1n) is 11.4. The number of benzene rings is 2. The summed E-state index contributed by atoms with van der Waals surface area (Å²) in [4.78, 5) is 19.2. The van der Waals surface area contributed by atoms with E-state index in [1.165, 1.54) is 6.33 Å². The summed E-state index contributed by atoms with van der Waals surface area (Å²) >= 11 is 0.985. The standard InChI is InChI=1S/C24H26N6O3S2/c1-17(30-15-10-18-4-2-3-5-22(18)30)23(31)27-19-11-13-29(14-12-19)20-6-8-21(9-7-20)35(32,33)28-24-25-16-26-34-24/h2-10,15-17,19H,11-14H2,1H3,(H,27,31)(H,25,26,28)/t17-/m1/s1. The number of fused-ring (bicyclic) bond motifs is 1. The smallest absolute Gasteiger partial charge is 0.263 e. The zero-order valence-corrected chi connectivity index (χ0v) is 20.8. The summed E-state index contributed by atoms with van der Waals surface area (Å²) in [5, 5.41) is 4.56. The maximum Gasteiger partial charge on any atom is 0.263 e. The number of nitrogens with zero attached hydrogens (tertiary/aromatic N) is 4. The van der Waals surface area contributed by atoms with E-state index in [2.05, 4.69) is 24.3 Å². The summed E-state index contributed by atoms with van der Waals surface area (Å²) < 4.78 is 33.3. The van der Waals surface area contributed by atoms with Gasteiger partial charge in [0.25, 0.3) is 10.0 Å². The maximum atomic E-state index is 12.9. The van der Waals surface area contributed by atoms with Gasteiger partial charge in [0.05, 0.1) is 4.90 Å². The Bertz CT molecular complexity index is 1410. The van der Waals surface area contributed by atoms with Gasteiger partial charge in [-0.3, -0.25) is 9.52 Å². The van der Waals surface area contributed by atoms with E-state index in [0.29, 0.717) is 0 Å². The van der Waals surface area contributed by atoms with Crippen LogP contribution in [0.2, 0.25) is 0 Å². The molecule has 4 aromatic rings. The molecule has 0 saturated carbocycles. The lowest BCUT2D eigenvalue weighted by molar-refractivity contribution is -0.124. The van der Waals surface area contributed by atoms with Crippen LogP contribution < -0.4 is 14.9 Å². The van der Waals surface area contributed by atoms with Gasteiger partial charge in [-0.2, -0.15) is 4.37 Å². The molecule has 0 spiro atoms. The van der Waals surface area contributed by atoms with E-state index >= 15 is 0 Å². The molecule has 2 aromatic carbocycles. The molecule has 1 fully saturated rings. The number of amides is 1. The fourth-order valence-corrected chi connectivity index (χ4v) is 6.06. The van der Waals surface area contributed by atoms with Gasteiger partial charge in [0, 0.05) is 48.1 Å². The van der Waals surface area contributed by atoms with Crippen LogP contribution >= 0.6 is 11.5 Å². The molecular formula is C24H26N6O3S2. The molecule has 182 valence electrons. The average Bonchev–Trinajstić information content (AvgIpc) is 3.54. The van der Waals surface area contributed by atoms with E-state index in [9.17, 15) is 13.2 Å². The molecule has 1 aliphatic heterocycles. The highest BCUT2D eigenvalue weighted by molar-refractivity contribution is 7.93. The van der Waals surface area contributed by atoms with Crippen molar-refractivity contribution in [2.45, 2.75) is 36.7 Å². The minimum atomic E-state index is -3.70. The van der Waals surface area contributed by atoms with Crippen LogP contribution in [0.1, 0.15) is 25.8 Å². The molecule has 2 N–H and O–H groups in total. The molecule has 2 aromatic heterocycles. The van der Waals surface area contributed by atoms with Crippen molar-refractivity contribution in [2.75, 3.05) is 22.7 Å². The van der Waals surface area contributed by atoms with Gasteiger partial charge in [0.1, 0.15) is 12.4 Å². The second kappa shape index (κ2) is 9.67. The lowest BCUT2D eigenvalue weighted by atomic mass is 10.0. The predicted molar refractivity (Wildman–Crippen MR) is 137 cm³/mol. The van der Waals surface area contributed by atoms with E-state index in [4.69, 9.17) is 0 Å². The molecule has 3 heterocycles. The molecule has 5 rings (SSSR count). The first-order chi connectivity index (χ1) is 16.9. The van der Waals surface area contributed by atoms with Crippen LogP contribution in [0.3, 0.4) is 0 Å². The lowest BCUT2D eigenvalue weighted by Gasteiger charge is -2.34. The van der Waals surface area contributed by atoms with E-state index in [1.807, 2.05) is 60.2 Å². The second-order valence-electron chi connectivity index (χ2n) is 8.57. The number of carbonyl (C=O) groups is 1. The molecule has 0 radical (unpaired) electrons. The minimum Gasteiger partial charge on any atom is -0.371 e. The number of sulfonamides is 1. The van der Waals surface area contributed by atoms with Gasteiger partial charge in [0.2, 0.25) is 11.0 Å². The Labute approximate surface area is 208 Å². The van der Waals surface area contributed by atoms with Gasteiger partial charge in [-0.1, -0.05) is 18.2 Å². The summed E-state index contributed by atoms with van der Waals surface area (Å²) in [6, 6.07) is 16.7. The van der Waals surface area contributed by atoms with Crippen molar-refractivity contribution < 1.29 is 13.2 Å². The Morgan fingerprint density at radius 1 is 1.09 bits per heavy atom. The quantitative estimate of drug-likeness (QED) is 0.393. The van der Waals surface area contributed by atoms with Crippen molar-refractivity contribution in [1.29, 1.82) is 0 Å². The Balaban J connectivity index is 1.16. The summed E-state index contributed by atoms with van der Waals surface area (Å²) in [7, 11) is -3.70. The predicted octanol–water partition coefficient (Wildman–Crippen LogP) is 3.64. The van der Waals surface area contributed by atoms with Crippen LogP contribution in [0.4, 0.5) is 10.8 Å². The van der Waals surface area contributed by atoms with Crippen LogP contribution in [0, 0.1) is 0 Å². The molecule has 1 aliphatic rings. The first-order valence-corrected chi connectivity index (χ1v) is 13.7. The van der Waals surface area contributed by atoms with Crippen LogP contribution in [-0.2, 0) is 14.8 Å². The number of nitrogens with one attached hydrogen (secondary N) is 2.